The van der Waals surface area contributed by atoms with Crippen LogP contribution in [-0.2, 0) is 19.1 Å². The average Bonchev–Trinajstić information content (AvgIpc) is 3.44. The highest BCUT2D eigenvalue weighted by atomic mass is 19.1. The van der Waals surface area contributed by atoms with E-state index < -0.39 is 5.82 Å². The molecule has 4 aromatic rings. The standard InChI is InChI=1S/C22H25FN10O/c1-13-14(8-24-20(34)17-11-33(31-30-17)22(2,3)4)6-7-16(18(13)23)19-25-12-26-21(29-19)28-15-9-27-32(5)10-15/h6-7,9-12H,8H2,1-5H3,(H,24,34)(H,25,26,28,29). The largest absolute Gasteiger partial charge is 0.347 e. The van der Waals surface area contributed by atoms with Gasteiger partial charge < -0.3 is 10.6 Å². The van der Waals surface area contributed by atoms with Crippen molar-refractivity contribution in [1.29, 1.82) is 0 Å². The second-order valence-corrected chi connectivity index (χ2v) is 8.77. The minimum atomic E-state index is -0.469. The maximum atomic E-state index is 15.2. The van der Waals surface area contributed by atoms with Crippen LogP contribution in [0.5, 0.6) is 0 Å². The fourth-order valence-electron chi connectivity index (χ4n) is 3.15. The van der Waals surface area contributed by atoms with Crippen molar-refractivity contribution in [2.24, 2.45) is 7.05 Å². The summed E-state index contributed by atoms with van der Waals surface area (Å²) in [6.07, 6.45) is 6.29. The van der Waals surface area contributed by atoms with Gasteiger partial charge in [-0.2, -0.15) is 10.1 Å². The summed E-state index contributed by atoms with van der Waals surface area (Å²) in [5, 5.41) is 17.8. The molecule has 0 fully saturated rings. The molecule has 12 heteroatoms. The quantitative estimate of drug-likeness (QED) is 0.446. The zero-order chi connectivity index (χ0) is 24.5. The SMILES string of the molecule is Cc1c(CNC(=O)c2cn(C(C)(C)C)nn2)ccc(-c2ncnc(Nc3cnn(C)c3)n2)c1F. The minimum absolute atomic E-state index is 0.134. The summed E-state index contributed by atoms with van der Waals surface area (Å²) < 4.78 is 18.5. The van der Waals surface area contributed by atoms with Gasteiger partial charge in [0.25, 0.3) is 5.91 Å². The zero-order valence-electron chi connectivity index (χ0n) is 19.5. The second-order valence-electron chi connectivity index (χ2n) is 8.77. The van der Waals surface area contributed by atoms with Crippen LogP contribution >= 0.6 is 0 Å². The first-order chi connectivity index (χ1) is 16.1. The number of hydrogen-bond acceptors (Lipinski definition) is 8. The first kappa shape index (κ1) is 23.0. The van der Waals surface area contributed by atoms with Crippen LogP contribution in [0.1, 0.15) is 42.4 Å². The number of benzene rings is 1. The molecule has 4 rings (SSSR count). The van der Waals surface area contributed by atoms with Crippen molar-refractivity contribution < 1.29 is 9.18 Å². The van der Waals surface area contributed by atoms with E-state index in [1.807, 2.05) is 20.8 Å². The van der Waals surface area contributed by atoms with Gasteiger partial charge in [-0.25, -0.2) is 19.0 Å². The van der Waals surface area contributed by atoms with Crippen LogP contribution in [0, 0.1) is 12.7 Å². The molecule has 0 aliphatic heterocycles. The number of rotatable bonds is 6. The topological polar surface area (TPSA) is 128 Å². The van der Waals surface area contributed by atoms with Gasteiger partial charge >= 0.3 is 0 Å². The van der Waals surface area contributed by atoms with Gasteiger partial charge in [-0.05, 0) is 44.9 Å². The van der Waals surface area contributed by atoms with Crippen LogP contribution in [0.2, 0.25) is 0 Å². The van der Waals surface area contributed by atoms with Crippen molar-refractivity contribution >= 4 is 17.5 Å². The highest BCUT2D eigenvalue weighted by Gasteiger charge is 2.19. The van der Waals surface area contributed by atoms with Gasteiger partial charge in [0.15, 0.2) is 11.5 Å². The summed E-state index contributed by atoms with van der Waals surface area (Å²) >= 11 is 0. The molecule has 0 aliphatic carbocycles. The number of anilines is 2. The van der Waals surface area contributed by atoms with Crippen LogP contribution in [0.4, 0.5) is 16.0 Å². The molecule has 34 heavy (non-hydrogen) atoms. The Labute approximate surface area is 195 Å². The minimum Gasteiger partial charge on any atom is -0.347 e. The number of carbonyl (C=O) groups is 1. The van der Waals surface area contributed by atoms with E-state index in [4.69, 9.17) is 0 Å². The van der Waals surface area contributed by atoms with Crippen molar-refractivity contribution in [1.82, 2.24) is 45.0 Å². The summed E-state index contributed by atoms with van der Waals surface area (Å²) in [4.78, 5) is 25.0. The summed E-state index contributed by atoms with van der Waals surface area (Å²) in [5.41, 5.74) is 1.85. The molecule has 3 heterocycles. The fourth-order valence-corrected chi connectivity index (χ4v) is 3.15. The van der Waals surface area contributed by atoms with E-state index in [0.29, 0.717) is 16.8 Å². The molecule has 0 radical (unpaired) electrons. The third-order valence-electron chi connectivity index (χ3n) is 5.13. The normalized spacial score (nSPS) is 11.5. The van der Waals surface area contributed by atoms with Gasteiger partial charge in [-0.1, -0.05) is 11.3 Å². The van der Waals surface area contributed by atoms with Crippen molar-refractivity contribution in [3.8, 4) is 11.4 Å². The Morgan fingerprint density at radius 3 is 2.65 bits per heavy atom. The van der Waals surface area contributed by atoms with E-state index in [1.165, 1.54) is 6.33 Å². The van der Waals surface area contributed by atoms with Crippen LogP contribution in [0.25, 0.3) is 11.4 Å². The molecule has 0 saturated carbocycles. The number of amides is 1. The number of nitrogens with one attached hydrogen (secondary N) is 2. The Hall–Kier alpha value is -4.22. The number of aromatic nitrogens is 8. The molecule has 0 spiro atoms. The molecule has 1 amide bonds. The summed E-state index contributed by atoms with van der Waals surface area (Å²) in [6, 6.07) is 3.32. The molecular weight excluding hydrogens is 439 g/mol. The van der Waals surface area contributed by atoms with Crippen molar-refractivity contribution in [2.45, 2.75) is 39.8 Å². The number of halogens is 1. The van der Waals surface area contributed by atoms with Gasteiger partial charge in [0.2, 0.25) is 5.95 Å². The second kappa shape index (κ2) is 8.96. The lowest BCUT2D eigenvalue weighted by Crippen LogP contribution is -2.24. The van der Waals surface area contributed by atoms with Gasteiger partial charge in [0.1, 0.15) is 12.1 Å². The van der Waals surface area contributed by atoms with Crippen LogP contribution < -0.4 is 10.6 Å². The third kappa shape index (κ3) is 4.90. The molecule has 11 nitrogen and oxygen atoms in total. The summed E-state index contributed by atoms with van der Waals surface area (Å²) in [6.45, 7) is 7.66. The maximum Gasteiger partial charge on any atom is 0.273 e. The van der Waals surface area contributed by atoms with E-state index in [0.717, 1.165) is 0 Å². The van der Waals surface area contributed by atoms with Crippen molar-refractivity contribution in [2.75, 3.05) is 5.32 Å². The van der Waals surface area contributed by atoms with Crippen LogP contribution in [0.15, 0.2) is 37.1 Å². The number of nitrogens with zero attached hydrogens (tertiary/aromatic N) is 8. The highest BCUT2D eigenvalue weighted by Crippen LogP contribution is 2.25. The van der Waals surface area contributed by atoms with Gasteiger partial charge in [-0.15, -0.1) is 5.10 Å². The molecule has 2 N–H and O–H groups in total. The predicted octanol–water partition coefficient (Wildman–Crippen LogP) is 2.74. The molecule has 0 atom stereocenters. The molecule has 176 valence electrons. The first-order valence-corrected chi connectivity index (χ1v) is 10.6. The lowest BCUT2D eigenvalue weighted by Gasteiger charge is -2.17. The Morgan fingerprint density at radius 2 is 1.97 bits per heavy atom. The molecule has 1 aromatic carbocycles. The lowest BCUT2D eigenvalue weighted by molar-refractivity contribution is 0.0945. The number of carbonyl (C=O) groups excluding carboxylic acids is 1. The predicted molar refractivity (Wildman–Crippen MR) is 123 cm³/mol. The maximum absolute atomic E-state index is 15.2. The molecule has 0 aliphatic rings. The Kier molecular flexibility index (Phi) is 6.05. The van der Waals surface area contributed by atoms with Gasteiger partial charge in [-0.3, -0.25) is 9.48 Å². The molecule has 3 aromatic heterocycles. The smallest absolute Gasteiger partial charge is 0.273 e. The Bertz CT molecular complexity index is 1340. The number of aryl methyl sites for hydroxylation is 1. The average molecular weight is 465 g/mol. The molecule has 0 bridgehead atoms. The molecule has 0 saturated heterocycles. The van der Waals surface area contributed by atoms with E-state index in [1.54, 1.807) is 54.1 Å². The monoisotopic (exact) mass is 464 g/mol. The zero-order valence-corrected chi connectivity index (χ0v) is 19.5. The Balaban J connectivity index is 1.48. The highest BCUT2D eigenvalue weighted by molar-refractivity contribution is 5.91. The number of hydrogen-bond donors (Lipinski definition) is 2. The van der Waals surface area contributed by atoms with Crippen molar-refractivity contribution in [3.05, 3.63) is 59.7 Å². The van der Waals surface area contributed by atoms with Crippen LogP contribution in [0.3, 0.4) is 0 Å². The third-order valence-corrected chi connectivity index (χ3v) is 5.13. The van der Waals surface area contributed by atoms with Crippen molar-refractivity contribution in [3.63, 3.8) is 0 Å². The summed E-state index contributed by atoms with van der Waals surface area (Å²) in [5.74, 6) is -0.391. The van der Waals surface area contributed by atoms with E-state index in [-0.39, 0.29) is 41.0 Å². The molecule has 0 unspecified atom stereocenters. The first-order valence-electron chi connectivity index (χ1n) is 10.6. The van der Waals surface area contributed by atoms with E-state index >= 15 is 4.39 Å². The Morgan fingerprint density at radius 1 is 1.18 bits per heavy atom. The van der Waals surface area contributed by atoms with Gasteiger partial charge in [0, 0.05) is 19.8 Å². The fraction of sp³-hybridized carbons (Fsp3) is 0.318. The lowest BCUT2D eigenvalue weighted by atomic mass is 10.0. The molecular formula is C22H25FN10O. The van der Waals surface area contributed by atoms with Crippen LogP contribution in [-0.4, -0.2) is 45.6 Å². The van der Waals surface area contributed by atoms with Gasteiger partial charge in [0.05, 0.1) is 29.2 Å². The summed E-state index contributed by atoms with van der Waals surface area (Å²) in [7, 11) is 1.79. The van der Waals surface area contributed by atoms with E-state index in [9.17, 15) is 4.79 Å². The van der Waals surface area contributed by atoms with E-state index in [2.05, 4.69) is 41.0 Å².